The van der Waals surface area contributed by atoms with Crippen molar-refractivity contribution in [2.45, 2.75) is 32.2 Å². The molecule has 1 rings (SSSR count). The Kier molecular flexibility index (Phi) is 5.90. The summed E-state index contributed by atoms with van der Waals surface area (Å²) in [5, 5.41) is 14.1. The van der Waals surface area contributed by atoms with E-state index in [0.29, 0.717) is 18.4 Å². The van der Waals surface area contributed by atoms with E-state index in [2.05, 4.69) is 10.6 Å². The monoisotopic (exact) mass is 292 g/mol. The van der Waals surface area contributed by atoms with Gasteiger partial charge < -0.3 is 15.7 Å². The lowest BCUT2D eigenvalue weighted by atomic mass is 9.96. The molecule has 0 spiro atoms. The first kappa shape index (κ1) is 16.7. The van der Waals surface area contributed by atoms with Crippen LogP contribution in [0.1, 0.15) is 37.0 Å². The summed E-state index contributed by atoms with van der Waals surface area (Å²) in [7, 11) is 0. The lowest BCUT2D eigenvalue weighted by Crippen LogP contribution is -2.54. The van der Waals surface area contributed by atoms with Gasteiger partial charge in [-0.1, -0.05) is 31.5 Å². The average molecular weight is 292 g/mol. The van der Waals surface area contributed by atoms with Crippen LogP contribution in [0.2, 0.25) is 0 Å². The SMILES string of the molecule is CCCC(C)(NC(=O)CNC(=O)c1ccccc1)C(=O)O. The van der Waals surface area contributed by atoms with Crippen LogP contribution in [0.25, 0.3) is 0 Å². The molecule has 0 radical (unpaired) electrons. The fourth-order valence-corrected chi connectivity index (χ4v) is 1.93. The van der Waals surface area contributed by atoms with Crippen LogP contribution in [0.5, 0.6) is 0 Å². The van der Waals surface area contributed by atoms with Crippen molar-refractivity contribution in [1.29, 1.82) is 0 Å². The van der Waals surface area contributed by atoms with E-state index in [4.69, 9.17) is 5.11 Å². The van der Waals surface area contributed by atoms with Crippen molar-refractivity contribution < 1.29 is 19.5 Å². The first-order chi connectivity index (χ1) is 9.89. The van der Waals surface area contributed by atoms with Gasteiger partial charge in [-0.25, -0.2) is 4.79 Å². The second-order valence-corrected chi connectivity index (χ2v) is 4.98. The van der Waals surface area contributed by atoms with Crippen LogP contribution in [0.15, 0.2) is 30.3 Å². The van der Waals surface area contributed by atoms with E-state index in [1.165, 1.54) is 6.92 Å². The highest BCUT2D eigenvalue weighted by atomic mass is 16.4. The molecule has 0 saturated carbocycles. The Bertz CT molecular complexity index is 516. The fourth-order valence-electron chi connectivity index (χ4n) is 1.93. The van der Waals surface area contributed by atoms with Crippen LogP contribution in [0.4, 0.5) is 0 Å². The van der Waals surface area contributed by atoms with Crippen LogP contribution < -0.4 is 10.6 Å². The van der Waals surface area contributed by atoms with Gasteiger partial charge in [-0.2, -0.15) is 0 Å². The molecule has 3 N–H and O–H groups in total. The highest BCUT2D eigenvalue weighted by Gasteiger charge is 2.33. The molecule has 1 unspecified atom stereocenters. The fraction of sp³-hybridized carbons (Fsp3) is 0.400. The van der Waals surface area contributed by atoms with E-state index in [0.717, 1.165) is 0 Å². The van der Waals surface area contributed by atoms with Crippen molar-refractivity contribution >= 4 is 17.8 Å². The van der Waals surface area contributed by atoms with Gasteiger partial charge in [0.2, 0.25) is 5.91 Å². The molecule has 6 nitrogen and oxygen atoms in total. The van der Waals surface area contributed by atoms with Gasteiger partial charge in [0.05, 0.1) is 6.54 Å². The minimum Gasteiger partial charge on any atom is -0.480 e. The van der Waals surface area contributed by atoms with E-state index < -0.39 is 17.4 Å². The van der Waals surface area contributed by atoms with Gasteiger partial charge in [-0.15, -0.1) is 0 Å². The number of rotatable bonds is 7. The van der Waals surface area contributed by atoms with Crippen molar-refractivity contribution in [3.05, 3.63) is 35.9 Å². The van der Waals surface area contributed by atoms with E-state index in [9.17, 15) is 14.4 Å². The third kappa shape index (κ3) is 4.91. The van der Waals surface area contributed by atoms with Gasteiger partial charge in [0.25, 0.3) is 5.91 Å². The van der Waals surface area contributed by atoms with Gasteiger partial charge in [0, 0.05) is 5.56 Å². The molecule has 114 valence electrons. The Balaban J connectivity index is 2.54. The topological polar surface area (TPSA) is 95.5 Å². The molecular weight excluding hydrogens is 272 g/mol. The smallest absolute Gasteiger partial charge is 0.329 e. The summed E-state index contributed by atoms with van der Waals surface area (Å²) in [6.07, 6.45) is 0.945. The number of carboxylic acid groups (broad SMARTS) is 1. The van der Waals surface area contributed by atoms with Gasteiger partial charge in [-0.3, -0.25) is 9.59 Å². The number of benzene rings is 1. The summed E-state index contributed by atoms with van der Waals surface area (Å²) in [6, 6.07) is 8.49. The van der Waals surface area contributed by atoms with Crippen LogP contribution in [-0.2, 0) is 9.59 Å². The number of hydrogen-bond acceptors (Lipinski definition) is 3. The highest BCUT2D eigenvalue weighted by Crippen LogP contribution is 2.12. The number of aliphatic carboxylic acids is 1. The Morgan fingerprint density at radius 2 is 1.81 bits per heavy atom. The second-order valence-electron chi connectivity index (χ2n) is 4.98. The van der Waals surface area contributed by atoms with Crippen molar-refractivity contribution in [3.8, 4) is 0 Å². The second kappa shape index (κ2) is 7.42. The zero-order chi connectivity index (χ0) is 15.9. The van der Waals surface area contributed by atoms with Crippen molar-refractivity contribution in [2.75, 3.05) is 6.54 Å². The molecule has 21 heavy (non-hydrogen) atoms. The van der Waals surface area contributed by atoms with E-state index >= 15 is 0 Å². The molecule has 1 aromatic rings. The summed E-state index contributed by atoms with van der Waals surface area (Å²) in [4.78, 5) is 34.8. The van der Waals surface area contributed by atoms with Gasteiger partial charge in [0.15, 0.2) is 0 Å². The molecule has 0 aliphatic rings. The molecular formula is C15H20N2O4. The van der Waals surface area contributed by atoms with Gasteiger partial charge in [0.1, 0.15) is 5.54 Å². The number of nitrogens with one attached hydrogen (secondary N) is 2. The standard InChI is InChI=1S/C15H20N2O4/c1-3-9-15(2,14(20)21)17-12(18)10-16-13(19)11-7-5-4-6-8-11/h4-8H,3,9-10H2,1-2H3,(H,16,19)(H,17,18)(H,20,21). The van der Waals surface area contributed by atoms with Crippen LogP contribution in [0.3, 0.4) is 0 Å². The Hall–Kier alpha value is -2.37. The Morgan fingerprint density at radius 3 is 2.33 bits per heavy atom. The normalized spacial score (nSPS) is 13.0. The maximum Gasteiger partial charge on any atom is 0.329 e. The molecule has 0 aliphatic heterocycles. The number of carboxylic acids is 1. The van der Waals surface area contributed by atoms with Crippen LogP contribution >= 0.6 is 0 Å². The molecule has 0 fully saturated rings. The van der Waals surface area contributed by atoms with Crippen LogP contribution in [-0.4, -0.2) is 35.0 Å². The maximum atomic E-state index is 11.8. The zero-order valence-electron chi connectivity index (χ0n) is 12.2. The maximum absolute atomic E-state index is 11.8. The minimum absolute atomic E-state index is 0.264. The summed E-state index contributed by atoms with van der Waals surface area (Å²) in [5.74, 6) is -2.00. The minimum atomic E-state index is -1.32. The summed E-state index contributed by atoms with van der Waals surface area (Å²) >= 11 is 0. The Labute approximate surface area is 123 Å². The number of hydrogen-bond donors (Lipinski definition) is 3. The number of carbonyl (C=O) groups excluding carboxylic acids is 2. The summed E-state index contributed by atoms with van der Waals surface area (Å²) < 4.78 is 0. The third-order valence-corrected chi connectivity index (χ3v) is 3.08. The van der Waals surface area contributed by atoms with Crippen molar-refractivity contribution in [3.63, 3.8) is 0 Å². The van der Waals surface area contributed by atoms with E-state index in [1.807, 2.05) is 6.92 Å². The predicted octanol–water partition coefficient (Wildman–Crippen LogP) is 1.18. The first-order valence-electron chi connectivity index (χ1n) is 6.76. The molecule has 1 aromatic carbocycles. The predicted molar refractivity (Wildman–Crippen MR) is 77.9 cm³/mol. The van der Waals surface area contributed by atoms with Gasteiger partial charge >= 0.3 is 5.97 Å². The summed E-state index contributed by atoms with van der Waals surface area (Å²) in [6.45, 7) is 3.03. The largest absolute Gasteiger partial charge is 0.480 e. The quantitative estimate of drug-likeness (QED) is 0.703. The first-order valence-corrected chi connectivity index (χ1v) is 6.76. The van der Waals surface area contributed by atoms with E-state index in [1.54, 1.807) is 30.3 Å². The van der Waals surface area contributed by atoms with E-state index in [-0.39, 0.29) is 12.5 Å². The molecule has 6 heteroatoms. The van der Waals surface area contributed by atoms with Gasteiger partial charge in [-0.05, 0) is 25.5 Å². The summed E-state index contributed by atoms with van der Waals surface area (Å²) in [5.41, 5.74) is -0.872. The zero-order valence-corrected chi connectivity index (χ0v) is 12.2. The molecule has 0 bridgehead atoms. The molecule has 0 aromatic heterocycles. The lowest BCUT2D eigenvalue weighted by Gasteiger charge is -2.25. The highest BCUT2D eigenvalue weighted by molar-refractivity contribution is 5.97. The number of carbonyl (C=O) groups is 3. The Morgan fingerprint density at radius 1 is 1.19 bits per heavy atom. The molecule has 2 amide bonds. The third-order valence-electron chi connectivity index (χ3n) is 3.08. The molecule has 0 saturated heterocycles. The average Bonchev–Trinajstić information content (AvgIpc) is 2.45. The van der Waals surface area contributed by atoms with Crippen molar-refractivity contribution in [1.82, 2.24) is 10.6 Å². The molecule has 1 atom stereocenters. The lowest BCUT2D eigenvalue weighted by molar-refractivity contribution is -0.147. The van der Waals surface area contributed by atoms with Crippen molar-refractivity contribution in [2.24, 2.45) is 0 Å². The molecule has 0 aliphatic carbocycles. The number of amides is 2. The van der Waals surface area contributed by atoms with Crippen LogP contribution in [0, 0.1) is 0 Å². The molecule has 0 heterocycles.